The first-order chi connectivity index (χ1) is 24.4. The maximum Gasteiger partial charge on any atom is 0.0352 e. The van der Waals surface area contributed by atoms with Crippen molar-refractivity contribution < 1.29 is 20.1 Å². The van der Waals surface area contributed by atoms with Gasteiger partial charge in [-0.05, 0) is 77.5 Å². The molecule has 0 fully saturated rings. The van der Waals surface area contributed by atoms with Crippen molar-refractivity contribution >= 4 is 10.8 Å². The molecular weight excluding hydrogens is 799 g/mol. The van der Waals surface area contributed by atoms with Crippen LogP contribution in [0.15, 0.2) is 152 Å². The molecular formula is C47H37IrN3-2. The van der Waals surface area contributed by atoms with Gasteiger partial charge in [0.05, 0.1) is 0 Å². The van der Waals surface area contributed by atoms with Crippen LogP contribution in [0.3, 0.4) is 0 Å². The second-order valence-electron chi connectivity index (χ2n) is 12.6. The predicted molar refractivity (Wildman–Crippen MR) is 208 cm³/mol. The SMILES string of the molecule is Cc1ccc(-c2ccc(-c3cc[c-]c(-c4ccccn4)c3)c3ccncc23)cc1.Cc1cnc(-c2[c-]cc(C)c(-c3ccccc3)c2)cc1C.[Ir]. The Kier molecular flexibility index (Phi) is 11.1. The summed E-state index contributed by atoms with van der Waals surface area (Å²) in [7, 11) is 0. The van der Waals surface area contributed by atoms with E-state index in [2.05, 4.69) is 152 Å². The van der Waals surface area contributed by atoms with Crippen molar-refractivity contribution in [2.45, 2.75) is 27.7 Å². The van der Waals surface area contributed by atoms with Crippen molar-refractivity contribution in [3.63, 3.8) is 0 Å². The fourth-order valence-corrected chi connectivity index (χ4v) is 6.14. The van der Waals surface area contributed by atoms with Gasteiger partial charge in [-0.1, -0.05) is 109 Å². The Hall–Kier alpha value is -5.54. The number of rotatable bonds is 5. The van der Waals surface area contributed by atoms with Crippen LogP contribution in [0, 0.1) is 39.8 Å². The van der Waals surface area contributed by atoms with Gasteiger partial charge >= 0.3 is 0 Å². The van der Waals surface area contributed by atoms with Crippen molar-refractivity contribution in [1.82, 2.24) is 15.0 Å². The zero-order chi connectivity index (χ0) is 34.5. The normalized spacial score (nSPS) is 10.6. The second kappa shape index (κ2) is 16.0. The van der Waals surface area contributed by atoms with E-state index >= 15 is 0 Å². The molecule has 8 rings (SSSR count). The van der Waals surface area contributed by atoms with Gasteiger partial charge in [0, 0.05) is 50.3 Å². The summed E-state index contributed by atoms with van der Waals surface area (Å²) < 4.78 is 0. The van der Waals surface area contributed by atoms with E-state index in [1.54, 1.807) is 0 Å². The van der Waals surface area contributed by atoms with Gasteiger partial charge in [-0.3, -0.25) is 4.98 Å². The van der Waals surface area contributed by atoms with E-state index in [0.29, 0.717) is 0 Å². The summed E-state index contributed by atoms with van der Waals surface area (Å²) >= 11 is 0. The Morgan fingerprint density at radius 1 is 0.471 bits per heavy atom. The summed E-state index contributed by atoms with van der Waals surface area (Å²) in [6, 6.07) is 50.8. The molecule has 8 aromatic rings. The predicted octanol–water partition coefficient (Wildman–Crippen LogP) is 11.9. The molecule has 0 amide bonds. The number of nitrogens with zero attached hydrogens (tertiary/aromatic N) is 3. The molecule has 251 valence electrons. The van der Waals surface area contributed by atoms with E-state index in [4.69, 9.17) is 0 Å². The molecule has 0 bridgehead atoms. The van der Waals surface area contributed by atoms with Crippen molar-refractivity contribution in [2.75, 3.05) is 0 Å². The fourth-order valence-electron chi connectivity index (χ4n) is 6.14. The third-order valence-electron chi connectivity index (χ3n) is 9.13. The summed E-state index contributed by atoms with van der Waals surface area (Å²) in [4.78, 5) is 13.4. The number of hydrogen-bond donors (Lipinski definition) is 0. The molecule has 51 heavy (non-hydrogen) atoms. The average molecular weight is 836 g/mol. The van der Waals surface area contributed by atoms with Crippen LogP contribution in [0.25, 0.3) is 66.7 Å². The van der Waals surface area contributed by atoms with Crippen LogP contribution in [0.1, 0.15) is 22.3 Å². The Balaban J connectivity index is 0.000000181. The standard InChI is InChI=1S/C27H19N2.C20H18N.Ir/c1-19-8-10-20(11-9-19)23-12-13-24(25-14-16-28-18-26(23)25)21-5-4-6-22(17-21)27-7-2-3-15-29-27;1-14-9-10-18(20-11-15(2)16(3)13-21-20)12-19(14)17-7-5-4-6-8-17;/h2-5,7-18H,1H3;4-9,11-13H,1-3H3;/q2*-1;. The third kappa shape index (κ3) is 7.94. The van der Waals surface area contributed by atoms with Gasteiger partial charge in [0.1, 0.15) is 0 Å². The van der Waals surface area contributed by atoms with Crippen LogP contribution in [-0.4, -0.2) is 15.0 Å². The summed E-state index contributed by atoms with van der Waals surface area (Å²) in [5, 5.41) is 2.34. The van der Waals surface area contributed by atoms with E-state index in [9.17, 15) is 0 Å². The zero-order valence-electron chi connectivity index (χ0n) is 29.1. The number of fused-ring (bicyclic) bond motifs is 1. The Bertz CT molecular complexity index is 2400. The number of benzene rings is 5. The van der Waals surface area contributed by atoms with Crippen molar-refractivity contribution in [3.8, 4) is 55.9 Å². The molecule has 0 aliphatic heterocycles. The van der Waals surface area contributed by atoms with Crippen LogP contribution in [-0.2, 0) is 20.1 Å². The molecule has 3 aromatic heterocycles. The fraction of sp³-hybridized carbons (Fsp3) is 0.0851. The maximum atomic E-state index is 4.54. The third-order valence-corrected chi connectivity index (χ3v) is 9.13. The molecule has 0 spiro atoms. The molecule has 0 saturated carbocycles. The first kappa shape index (κ1) is 35.3. The molecule has 3 heterocycles. The quantitative estimate of drug-likeness (QED) is 0.162. The molecule has 3 nitrogen and oxygen atoms in total. The minimum atomic E-state index is 0. The number of aromatic nitrogens is 3. The number of aryl methyl sites for hydroxylation is 4. The number of hydrogen-bond acceptors (Lipinski definition) is 3. The second-order valence-corrected chi connectivity index (χ2v) is 12.6. The van der Waals surface area contributed by atoms with Crippen LogP contribution in [0.4, 0.5) is 0 Å². The van der Waals surface area contributed by atoms with Crippen molar-refractivity contribution in [1.29, 1.82) is 0 Å². The van der Waals surface area contributed by atoms with Gasteiger partial charge in [0.2, 0.25) is 0 Å². The van der Waals surface area contributed by atoms with E-state index in [0.717, 1.165) is 33.5 Å². The zero-order valence-corrected chi connectivity index (χ0v) is 31.5. The van der Waals surface area contributed by atoms with Crippen molar-refractivity contribution in [3.05, 3.63) is 187 Å². The van der Waals surface area contributed by atoms with Crippen molar-refractivity contribution in [2.24, 2.45) is 0 Å². The van der Waals surface area contributed by atoms with E-state index in [1.165, 1.54) is 55.5 Å². The summed E-state index contributed by atoms with van der Waals surface area (Å²) in [6.45, 7) is 8.43. The van der Waals surface area contributed by atoms with E-state index in [1.807, 2.05) is 55.1 Å². The van der Waals surface area contributed by atoms with Crippen LogP contribution >= 0.6 is 0 Å². The molecule has 0 aliphatic rings. The molecule has 4 heteroatoms. The van der Waals surface area contributed by atoms with Gasteiger partial charge < -0.3 is 9.97 Å². The molecule has 5 aromatic carbocycles. The van der Waals surface area contributed by atoms with Crippen LogP contribution in [0.5, 0.6) is 0 Å². The first-order valence-electron chi connectivity index (χ1n) is 16.8. The molecule has 1 radical (unpaired) electrons. The Labute approximate surface area is 314 Å². The average Bonchev–Trinajstić information content (AvgIpc) is 3.17. The monoisotopic (exact) mass is 836 g/mol. The van der Waals surface area contributed by atoms with E-state index < -0.39 is 0 Å². The van der Waals surface area contributed by atoms with Gasteiger partial charge in [-0.25, -0.2) is 0 Å². The summed E-state index contributed by atoms with van der Waals surface area (Å²) in [6.07, 6.45) is 7.57. The van der Waals surface area contributed by atoms with Crippen LogP contribution in [0.2, 0.25) is 0 Å². The molecule has 0 saturated heterocycles. The number of pyridine rings is 3. The summed E-state index contributed by atoms with van der Waals surface area (Å²) in [5.74, 6) is 0. The molecule has 0 N–H and O–H groups in total. The van der Waals surface area contributed by atoms with Crippen LogP contribution < -0.4 is 0 Å². The Morgan fingerprint density at radius 3 is 1.94 bits per heavy atom. The summed E-state index contributed by atoms with van der Waals surface area (Å²) in [5.41, 5.74) is 16.1. The van der Waals surface area contributed by atoms with Gasteiger partial charge in [0.15, 0.2) is 0 Å². The van der Waals surface area contributed by atoms with Gasteiger partial charge in [-0.2, -0.15) is 0 Å². The smallest absolute Gasteiger partial charge is 0.0352 e. The largest absolute Gasteiger partial charge is 0.305 e. The molecule has 0 atom stereocenters. The topological polar surface area (TPSA) is 38.7 Å². The minimum absolute atomic E-state index is 0. The first-order valence-corrected chi connectivity index (χ1v) is 16.8. The minimum Gasteiger partial charge on any atom is -0.305 e. The maximum absolute atomic E-state index is 4.54. The molecule has 0 aliphatic carbocycles. The Morgan fingerprint density at radius 2 is 1.20 bits per heavy atom. The van der Waals surface area contributed by atoms with Gasteiger partial charge in [-0.15, -0.1) is 64.7 Å². The molecule has 0 unspecified atom stereocenters. The van der Waals surface area contributed by atoms with E-state index in [-0.39, 0.29) is 20.1 Å². The van der Waals surface area contributed by atoms with Gasteiger partial charge in [0.25, 0.3) is 0 Å².